The molecule has 5 nitrogen and oxygen atoms in total. The van der Waals surface area contributed by atoms with Gasteiger partial charge in [-0.25, -0.2) is 0 Å². The molecule has 0 aliphatic heterocycles. The Morgan fingerprint density at radius 2 is 2.12 bits per heavy atom. The van der Waals surface area contributed by atoms with Gasteiger partial charge in [0.15, 0.2) is 0 Å². The van der Waals surface area contributed by atoms with Crippen molar-refractivity contribution in [3.05, 3.63) is 34.4 Å². The number of rotatable bonds is 6. The fourth-order valence-corrected chi connectivity index (χ4v) is 1.81. The number of anilines is 1. The van der Waals surface area contributed by atoms with E-state index in [1.54, 1.807) is 24.5 Å². The number of benzene rings is 1. The quantitative estimate of drug-likeness (QED) is 0.625. The molecule has 0 saturated heterocycles. The maximum Gasteiger partial charge on any atom is 0.292 e. The third-order valence-electron chi connectivity index (χ3n) is 2.53. The maximum atomic E-state index is 11.1. The highest BCUT2D eigenvalue weighted by atomic mass is 32.2. The van der Waals surface area contributed by atoms with Gasteiger partial charge in [-0.1, -0.05) is 19.1 Å². The van der Waals surface area contributed by atoms with Crippen LogP contribution in [-0.2, 0) is 10.8 Å². The summed E-state index contributed by atoms with van der Waals surface area (Å²) in [6.07, 6.45) is 2.38. The van der Waals surface area contributed by atoms with Crippen LogP contribution in [0.25, 0.3) is 0 Å². The Kier molecular flexibility index (Phi) is 5.09. The molecule has 0 heterocycles. The highest BCUT2D eigenvalue weighted by molar-refractivity contribution is 7.84. The highest BCUT2D eigenvalue weighted by Crippen LogP contribution is 2.23. The molecule has 0 bridgehead atoms. The molecule has 2 unspecified atom stereocenters. The SMILES string of the molecule is CC(CCNc1ccccc1[N+](=O)[O-])S(C)=O. The van der Waals surface area contributed by atoms with E-state index < -0.39 is 15.7 Å². The van der Waals surface area contributed by atoms with E-state index in [4.69, 9.17) is 0 Å². The van der Waals surface area contributed by atoms with Gasteiger partial charge in [0.25, 0.3) is 5.69 Å². The lowest BCUT2D eigenvalue weighted by atomic mass is 10.2. The third-order valence-corrected chi connectivity index (χ3v) is 3.90. The van der Waals surface area contributed by atoms with Crippen molar-refractivity contribution in [3.8, 4) is 0 Å². The minimum Gasteiger partial charge on any atom is -0.379 e. The van der Waals surface area contributed by atoms with Gasteiger partial charge >= 0.3 is 0 Å². The molecule has 0 fully saturated rings. The average Bonchev–Trinajstić information content (AvgIpc) is 2.29. The molecule has 17 heavy (non-hydrogen) atoms. The maximum absolute atomic E-state index is 11.1. The Bertz CT molecular complexity index is 423. The first kappa shape index (κ1) is 13.6. The summed E-state index contributed by atoms with van der Waals surface area (Å²) in [4.78, 5) is 10.3. The molecule has 1 rings (SSSR count). The van der Waals surface area contributed by atoms with Crippen molar-refractivity contribution < 1.29 is 9.13 Å². The Morgan fingerprint density at radius 3 is 2.71 bits per heavy atom. The summed E-state index contributed by atoms with van der Waals surface area (Å²) in [5.74, 6) is 0. The largest absolute Gasteiger partial charge is 0.379 e. The van der Waals surface area contributed by atoms with E-state index in [0.29, 0.717) is 12.2 Å². The van der Waals surface area contributed by atoms with Crippen LogP contribution in [-0.4, -0.2) is 27.2 Å². The molecular weight excluding hydrogens is 240 g/mol. The predicted octanol–water partition coefficient (Wildman–Crippen LogP) is 2.16. The summed E-state index contributed by atoms with van der Waals surface area (Å²) in [5.41, 5.74) is 0.573. The van der Waals surface area contributed by atoms with Crippen LogP contribution in [0.5, 0.6) is 0 Å². The molecular formula is C11H16N2O3S. The molecule has 1 aromatic carbocycles. The molecule has 0 radical (unpaired) electrons. The lowest BCUT2D eigenvalue weighted by Gasteiger charge is -2.10. The number of nitro benzene ring substituents is 1. The smallest absolute Gasteiger partial charge is 0.292 e. The number of para-hydroxylation sites is 2. The second-order valence-corrected chi connectivity index (χ2v) is 5.60. The minimum absolute atomic E-state index is 0.0674. The highest BCUT2D eigenvalue weighted by Gasteiger charge is 2.12. The van der Waals surface area contributed by atoms with Crippen molar-refractivity contribution in [2.75, 3.05) is 18.1 Å². The van der Waals surface area contributed by atoms with Gasteiger partial charge in [-0.15, -0.1) is 0 Å². The van der Waals surface area contributed by atoms with Crippen molar-refractivity contribution in [2.24, 2.45) is 0 Å². The zero-order chi connectivity index (χ0) is 12.8. The Labute approximate surface area is 103 Å². The van der Waals surface area contributed by atoms with Crippen molar-refractivity contribution in [2.45, 2.75) is 18.6 Å². The van der Waals surface area contributed by atoms with Gasteiger partial charge in [-0.3, -0.25) is 14.3 Å². The normalized spacial score (nSPS) is 14.0. The van der Waals surface area contributed by atoms with Crippen molar-refractivity contribution in [1.82, 2.24) is 0 Å². The lowest BCUT2D eigenvalue weighted by molar-refractivity contribution is -0.384. The zero-order valence-corrected chi connectivity index (χ0v) is 10.7. The summed E-state index contributed by atoms with van der Waals surface area (Å²) in [6.45, 7) is 2.47. The van der Waals surface area contributed by atoms with Crippen LogP contribution in [0.1, 0.15) is 13.3 Å². The van der Waals surface area contributed by atoms with Crippen molar-refractivity contribution in [3.63, 3.8) is 0 Å². The van der Waals surface area contributed by atoms with Crippen LogP contribution >= 0.6 is 0 Å². The summed E-state index contributed by atoms with van der Waals surface area (Å²) < 4.78 is 11.1. The van der Waals surface area contributed by atoms with Crippen LogP contribution in [0.2, 0.25) is 0 Å². The number of nitro groups is 1. The Hall–Kier alpha value is -1.43. The average molecular weight is 256 g/mol. The first-order valence-corrected chi connectivity index (χ1v) is 6.94. The predicted molar refractivity (Wildman–Crippen MR) is 69.7 cm³/mol. The van der Waals surface area contributed by atoms with Crippen LogP contribution in [0, 0.1) is 10.1 Å². The number of nitrogens with one attached hydrogen (secondary N) is 1. The van der Waals surface area contributed by atoms with Gasteiger partial charge in [0, 0.05) is 34.9 Å². The van der Waals surface area contributed by atoms with Gasteiger partial charge < -0.3 is 5.32 Å². The van der Waals surface area contributed by atoms with Crippen LogP contribution in [0.15, 0.2) is 24.3 Å². The third kappa shape index (κ3) is 4.14. The molecule has 0 spiro atoms. The summed E-state index contributed by atoms with van der Waals surface area (Å²) in [7, 11) is -0.856. The molecule has 2 atom stereocenters. The van der Waals surface area contributed by atoms with Gasteiger partial charge in [-0.2, -0.15) is 0 Å². The summed E-state index contributed by atoms with van der Waals surface area (Å²) in [5, 5.41) is 13.8. The van der Waals surface area contributed by atoms with E-state index in [9.17, 15) is 14.3 Å². The number of hydrogen-bond donors (Lipinski definition) is 1. The van der Waals surface area contributed by atoms with E-state index in [1.165, 1.54) is 6.07 Å². The lowest BCUT2D eigenvalue weighted by Crippen LogP contribution is -2.15. The summed E-state index contributed by atoms with van der Waals surface area (Å²) in [6, 6.07) is 6.51. The molecule has 1 aromatic rings. The molecule has 6 heteroatoms. The second-order valence-electron chi connectivity index (χ2n) is 3.80. The second kappa shape index (κ2) is 6.34. The molecule has 1 N–H and O–H groups in total. The number of hydrogen-bond acceptors (Lipinski definition) is 4. The molecule has 0 amide bonds. The van der Waals surface area contributed by atoms with Crippen LogP contribution in [0.4, 0.5) is 11.4 Å². The zero-order valence-electron chi connectivity index (χ0n) is 9.88. The van der Waals surface area contributed by atoms with Gasteiger partial charge in [0.2, 0.25) is 0 Å². The molecule has 0 aliphatic carbocycles. The van der Waals surface area contributed by atoms with E-state index in [-0.39, 0.29) is 10.9 Å². The van der Waals surface area contributed by atoms with Crippen molar-refractivity contribution in [1.29, 1.82) is 0 Å². The Balaban J connectivity index is 2.58. The van der Waals surface area contributed by atoms with Gasteiger partial charge in [0.05, 0.1) is 4.92 Å². The van der Waals surface area contributed by atoms with E-state index in [2.05, 4.69) is 5.32 Å². The van der Waals surface area contributed by atoms with Gasteiger partial charge in [0.1, 0.15) is 5.69 Å². The fourth-order valence-electron chi connectivity index (χ4n) is 1.36. The molecule has 0 aliphatic rings. The van der Waals surface area contributed by atoms with Gasteiger partial charge in [-0.05, 0) is 12.5 Å². The topological polar surface area (TPSA) is 72.2 Å². The molecule has 0 aromatic heterocycles. The molecule has 94 valence electrons. The van der Waals surface area contributed by atoms with E-state index in [0.717, 1.165) is 6.42 Å². The minimum atomic E-state index is -0.856. The van der Waals surface area contributed by atoms with E-state index >= 15 is 0 Å². The summed E-state index contributed by atoms with van der Waals surface area (Å²) >= 11 is 0. The fraction of sp³-hybridized carbons (Fsp3) is 0.455. The Morgan fingerprint density at radius 1 is 1.47 bits per heavy atom. The molecule has 0 saturated carbocycles. The standard InChI is InChI=1S/C11H16N2O3S/c1-9(17(2)16)7-8-12-10-5-3-4-6-11(10)13(14)15/h3-6,9,12H,7-8H2,1-2H3. The van der Waals surface area contributed by atoms with Crippen LogP contribution < -0.4 is 5.32 Å². The first-order valence-electron chi connectivity index (χ1n) is 5.32. The number of nitrogens with zero attached hydrogens (tertiary/aromatic N) is 1. The van der Waals surface area contributed by atoms with Crippen molar-refractivity contribution >= 4 is 22.2 Å². The first-order chi connectivity index (χ1) is 8.02. The monoisotopic (exact) mass is 256 g/mol. The van der Waals surface area contributed by atoms with Crippen LogP contribution in [0.3, 0.4) is 0 Å². The van der Waals surface area contributed by atoms with E-state index in [1.807, 2.05) is 6.92 Å².